The molecule has 4 nitrogen and oxygen atoms in total. The highest BCUT2D eigenvalue weighted by atomic mass is 16.7. The summed E-state index contributed by atoms with van der Waals surface area (Å²) in [5.41, 5.74) is 0.998. The van der Waals surface area contributed by atoms with E-state index in [0.29, 0.717) is 11.8 Å². The number of ether oxygens (including phenoxy) is 2. The van der Waals surface area contributed by atoms with Crippen LogP contribution in [0.3, 0.4) is 0 Å². The first kappa shape index (κ1) is 13.3. The van der Waals surface area contributed by atoms with Gasteiger partial charge in [0.05, 0.1) is 6.07 Å². The molecular weight excluding hydrogens is 252 g/mol. The Hall–Kier alpha value is -1.73. The fraction of sp³-hybridized carbons (Fsp3) is 0.562. The highest BCUT2D eigenvalue weighted by molar-refractivity contribution is 5.46. The van der Waals surface area contributed by atoms with Gasteiger partial charge in [0.25, 0.3) is 0 Å². The summed E-state index contributed by atoms with van der Waals surface area (Å²) >= 11 is 0. The first-order valence-electron chi connectivity index (χ1n) is 7.20. The van der Waals surface area contributed by atoms with Crippen molar-refractivity contribution in [3.8, 4) is 17.6 Å². The lowest BCUT2D eigenvalue weighted by atomic mass is 9.90. The van der Waals surface area contributed by atoms with Gasteiger partial charge in [-0.05, 0) is 36.0 Å². The fourth-order valence-corrected chi connectivity index (χ4v) is 3.37. The van der Waals surface area contributed by atoms with E-state index in [9.17, 15) is 5.26 Å². The molecule has 2 heterocycles. The highest BCUT2D eigenvalue weighted by Crippen LogP contribution is 2.36. The van der Waals surface area contributed by atoms with Crippen molar-refractivity contribution >= 4 is 0 Å². The van der Waals surface area contributed by atoms with Gasteiger partial charge in [-0.25, -0.2) is 0 Å². The van der Waals surface area contributed by atoms with Crippen molar-refractivity contribution in [2.45, 2.75) is 26.3 Å². The maximum absolute atomic E-state index is 9.59. The second kappa shape index (κ2) is 5.34. The number of piperidine rings is 1. The van der Waals surface area contributed by atoms with E-state index in [4.69, 9.17) is 9.47 Å². The van der Waals surface area contributed by atoms with Crippen molar-refractivity contribution in [3.05, 3.63) is 23.8 Å². The van der Waals surface area contributed by atoms with Gasteiger partial charge in [-0.1, -0.05) is 19.9 Å². The lowest BCUT2D eigenvalue weighted by Crippen LogP contribution is -2.40. The third-order valence-electron chi connectivity index (χ3n) is 4.10. The quantitative estimate of drug-likeness (QED) is 0.830. The zero-order valence-corrected chi connectivity index (χ0v) is 12.0. The van der Waals surface area contributed by atoms with Gasteiger partial charge in [0.1, 0.15) is 6.04 Å². The molecule has 4 heteroatoms. The van der Waals surface area contributed by atoms with Crippen LogP contribution in [0.25, 0.3) is 0 Å². The third-order valence-corrected chi connectivity index (χ3v) is 4.10. The van der Waals surface area contributed by atoms with Crippen molar-refractivity contribution in [1.82, 2.24) is 4.90 Å². The van der Waals surface area contributed by atoms with E-state index in [1.165, 1.54) is 6.42 Å². The van der Waals surface area contributed by atoms with Gasteiger partial charge in [-0.3, -0.25) is 4.90 Å². The molecule has 0 spiro atoms. The van der Waals surface area contributed by atoms with E-state index in [1.54, 1.807) is 0 Å². The van der Waals surface area contributed by atoms with Gasteiger partial charge < -0.3 is 9.47 Å². The molecule has 1 fully saturated rings. The van der Waals surface area contributed by atoms with Gasteiger partial charge in [-0.15, -0.1) is 0 Å². The van der Waals surface area contributed by atoms with Crippen molar-refractivity contribution in [3.63, 3.8) is 0 Å². The maximum atomic E-state index is 9.59. The van der Waals surface area contributed by atoms with E-state index in [2.05, 4.69) is 24.8 Å². The molecule has 0 aliphatic carbocycles. The summed E-state index contributed by atoms with van der Waals surface area (Å²) < 4.78 is 10.7. The molecule has 0 N–H and O–H groups in total. The second-order valence-corrected chi connectivity index (χ2v) is 6.04. The SMILES string of the molecule is CC1CC(C)CN(C(C#N)c2ccc3c(c2)OCO3)C1. The van der Waals surface area contributed by atoms with E-state index in [0.717, 1.165) is 30.2 Å². The van der Waals surface area contributed by atoms with E-state index < -0.39 is 0 Å². The average molecular weight is 272 g/mol. The number of fused-ring (bicyclic) bond motifs is 1. The van der Waals surface area contributed by atoms with Crippen LogP contribution in [0.1, 0.15) is 31.9 Å². The summed E-state index contributed by atoms with van der Waals surface area (Å²) in [6.07, 6.45) is 1.25. The van der Waals surface area contributed by atoms with Crippen molar-refractivity contribution in [2.75, 3.05) is 19.9 Å². The maximum Gasteiger partial charge on any atom is 0.231 e. The Balaban J connectivity index is 1.84. The standard InChI is InChI=1S/C16H20N2O2/c1-11-5-12(2)9-18(8-11)14(7-17)13-3-4-15-16(6-13)20-10-19-15/h3-4,6,11-12,14H,5,8-10H2,1-2H3. The van der Waals surface area contributed by atoms with Gasteiger partial charge in [0.15, 0.2) is 11.5 Å². The number of nitrogens with zero attached hydrogens (tertiary/aromatic N) is 2. The van der Waals surface area contributed by atoms with Crippen LogP contribution in [0.2, 0.25) is 0 Å². The van der Waals surface area contributed by atoms with Crippen LogP contribution in [0.4, 0.5) is 0 Å². The first-order chi connectivity index (χ1) is 9.67. The predicted molar refractivity (Wildman–Crippen MR) is 75.4 cm³/mol. The van der Waals surface area contributed by atoms with Crippen molar-refractivity contribution in [2.24, 2.45) is 11.8 Å². The molecule has 3 unspecified atom stereocenters. The van der Waals surface area contributed by atoms with E-state index >= 15 is 0 Å². The molecule has 1 aromatic rings. The summed E-state index contributed by atoms with van der Waals surface area (Å²) in [6.45, 7) is 6.76. The first-order valence-corrected chi connectivity index (χ1v) is 7.20. The van der Waals surface area contributed by atoms with Crippen LogP contribution in [0.5, 0.6) is 11.5 Å². The molecule has 2 aliphatic rings. The minimum Gasteiger partial charge on any atom is -0.454 e. The Morgan fingerprint density at radius 3 is 2.60 bits per heavy atom. The molecule has 0 radical (unpaired) electrons. The Bertz CT molecular complexity index is 528. The van der Waals surface area contributed by atoms with Gasteiger partial charge >= 0.3 is 0 Å². The second-order valence-electron chi connectivity index (χ2n) is 6.04. The Morgan fingerprint density at radius 1 is 1.20 bits per heavy atom. The fourth-order valence-electron chi connectivity index (χ4n) is 3.37. The van der Waals surface area contributed by atoms with E-state index in [1.807, 2.05) is 18.2 Å². The van der Waals surface area contributed by atoms with E-state index in [-0.39, 0.29) is 12.8 Å². The predicted octanol–water partition coefficient (Wildman–Crippen LogP) is 2.96. The molecule has 0 amide bonds. The molecular formula is C16H20N2O2. The number of hydrogen-bond acceptors (Lipinski definition) is 4. The van der Waals surface area contributed by atoms with Crippen molar-refractivity contribution < 1.29 is 9.47 Å². The number of likely N-dealkylation sites (tertiary alicyclic amines) is 1. The van der Waals surface area contributed by atoms with Crippen LogP contribution < -0.4 is 9.47 Å². The molecule has 0 saturated carbocycles. The van der Waals surface area contributed by atoms with Gasteiger partial charge in [0.2, 0.25) is 6.79 Å². The van der Waals surface area contributed by atoms with Crippen LogP contribution in [0, 0.1) is 23.2 Å². The summed E-state index contributed by atoms with van der Waals surface area (Å²) in [5, 5.41) is 9.59. The molecule has 106 valence electrons. The van der Waals surface area contributed by atoms with Crippen LogP contribution in [0.15, 0.2) is 18.2 Å². The van der Waals surface area contributed by atoms with Gasteiger partial charge in [-0.2, -0.15) is 5.26 Å². The summed E-state index contributed by atoms with van der Waals surface area (Å²) in [5.74, 6) is 2.80. The summed E-state index contributed by atoms with van der Waals surface area (Å²) in [7, 11) is 0. The van der Waals surface area contributed by atoms with Crippen LogP contribution >= 0.6 is 0 Å². The zero-order chi connectivity index (χ0) is 14.1. The molecule has 1 saturated heterocycles. The minimum absolute atomic E-state index is 0.199. The number of nitriles is 1. The molecule has 3 atom stereocenters. The molecule has 1 aromatic carbocycles. The summed E-state index contributed by atoms with van der Waals surface area (Å²) in [6, 6.07) is 8.07. The number of rotatable bonds is 2. The van der Waals surface area contributed by atoms with Gasteiger partial charge in [0, 0.05) is 13.1 Å². The van der Waals surface area contributed by atoms with Crippen LogP contribution in [-0.2, 0) is 0 Å². The average Bonchev–Trinajstić information content (AvgIpc) is 2.86. The molecule has 3 rings (SSSR count). The van der Waals surface area contributed by atoms with Crippen molar-refractivity contribution in [1.29, 1.82) is 5.26 Å². The molecule has 0 aromatic heterocycles. The third kappa shape index (κ3) is 2.46. The number of hydrogen-bond donors (Lipinski definition) is 0. The minimum atomic E-state index is -0.199. The topological polar surface area (TPSA) is 45.5 Å². The smallest absolute Gasteiger partial charge is 0.231 e. The molecule has 2 aliphatic heterocycles. The molecule has 0 bridgehead atoms. The monoisotopic (exact) mass is 272 g/mol. The normalized spacial score (nSPS) is 27.1. The lowest BCUT2D eigenvalue weighted by molar-refractivity contribution is 0.117. The molecule has 20 heavy (non-hydrogen) atoms. The number of benzene rings is 1. The Morgan fingerprint density at radius 2 is 1.90 bits per heavy atom. The summed E-state index contributed by atoms with van der Waals surface area (Å²) in [4.78, 5) is 2.29. The Kier molecular flexibility index (Phi) is 3.54. The van der Waals surface area contributed by atoms with Crippen LogP contribution in [-0.4, -0.2) is 24.8 Å². The largest absolute Gasteiger partial charge is 0.454 e. The Labute approximate surface area is 119 Å². The highest BCUT2D eigenvalue weighted by Gasteiger charge is 2.29. The zero-order valence-electron chi connectivity index (χ0n) is 12.0. The lowest BCUT2D eigenvalue weighted by Gasteiger charge is -2.37.